The van der Waals surface area contributed by atoms with E-state index in [1.54, 1.807) is 25.3 Å². The number of carbonyl (C=O) groups excluding carboxylic acids is 1. The van der Waals surface area contributed by atoms with Gasteiger partial charge < -0.3 is 14.8 Å². The zero-order valence-corrected chi connectivity index (χ0v) is 15.0. The van der Waals surface area contributed by atoms with Gasteiger partial charge in [0.05, 0.1) is 7.11 Å². The van der Waals surface area contributed by atoms with Gasteiger partial charge in [0.2, 0.25) is 0 Å². The monoisotopic (exact) mass is 348 g/mol. The summed E-state index contributed by atoms with van der Waals surface area (Å²) in [6.45, 7) is 3.92. The lowest BCUT2D eigenvalue weighted by Crippen LogP contribution is -2.13. The summed E-state index contributed by atoms with van der Waals surface area (Å²) in [5, 5.41) is 12.2. The van der Waals surface area contributed by atoms with Gasteiger partial charge in [-0.2, -0.15) is 5.26 Å². The summed E-state index contributed by atoms with van der Waals surface area (Å²) in [5.74, 6) is 0.916. The van der Waals surface area contributed by atoms with Crippen molar-refractivity contribution < 1.29 is 14.3 Å². The SMILES string of the molecule is COc1cc(/C=C(/C#N)C(=O)Nc2cccc(C)c2)c2c(c1)C[C@@H](C)O2. The number of methoxy groups -OCH3 is 1. The molecule has 1 aliphatic rings. The predicted octanol–water partition coefficient (Wildman–Crippen LogP) is 3.87. The molecule has 1 aliphatic heterocycles. The summed E-state index contributed by atoms with van der Waals surface area (Å²) in [6, 6.07) is 13.1. The first-order chi connectivity index (χ1) is 12.5. The highest BCUT2D eigenvalue weighted by Crippen LogP contribution is 2.37. The molecule has 0 aromatic heterocycles. The Labute approximate surface area is 152 Å². The van der Waals surface area contributed by atoms with Crippen molar-refractivity contribution >= 4 is 17.7 Å². The quantitative estimate of drug-likeness (QED) is 0.672. The fraction of sp³-hybridized carbons (Fsp3) is 0.238. The van der Waals surface area contributed by atoms with Crippen molar-refractivity contribution in [2.24, 2.45) is 0 Å². The number of hydrogen-bond acceptors (Lipinski definition) is 4. The summed E-state index contributed by atoms with van der Waals surface area (Å²) in [5.41, 5.74) is 3.36. The van der Waals surface area contributed by atoms with Crippen LogP contribution in [0.25, 0.3) is 6.08 Å². The van der Waals surface area contributed by atoms with E-state index in [2.05, 4.69) is 5.32 Å². The van der Waals surface area contributed by atoms with Gasteiger partial charge in [-0.1, -0.05) is 12.1 Å². The van der Waals surface area contributed by atoms with Gasteiger partial charge >= 0.3 is 0 Å². The minimum absolute atomic E-state index is 0.00473. The van der Waals surface area contributed by atoms with Crippen LogP contribution in [0.15, 0.2) is 42.0 Å². The van der Waals surface area contributed by atoms with Crippen LogP contribution in [-0.2, 0) is 11.2 Å². The molecule has 0 unspecified atom stereocenters. The van der Waals surface area contributed by atoms with Crippen molar-refractivity contribution in [3.8, 4) is 17.6 Å². The molecule has 5 nitrogen and oxygen atoms in total. The normalized spacial score (nSPS) is 15.6. The number of ether oxygens (including phenoxy) is 2. The summed E-state index contributed by atoms with van der Waals surface area (Å²) < 4.78 is 11.2. The minimum atomic E-state index is -0.458. The molecule has 1 heterocycles. The van der Waals surface area contributed by atoms with E-state index >= 15 is 0 Å². The van der Waals surface area contributed by atoms with E-state index in [1.807, 2.05) is 44.2 Å². The van der Waals surface area contributed by atoms with Crippen molar-refractivity contribution in [3.05, 3.63) is 58.7 Å². The molecule has 1 amide bonds. The standard InChI is InChI=1S/C21H20N2O3/c1-13-5-4-6-18(7-13)23-21(24)17(12-22)9-16-11-19(25-3)10-15-8-14(2)26-20(15)16/h4-7,9-11,14H,8H2,1-3H3,(H,23,24)/b17-9-/t14-/m1/s1. The summed E-state index contributed by atoms with van der Waals surface area (Å²) in [6.07, 6.45) is 2.37. The van der Waals surface area contributed by atoms with Crippen molar-refractivity contribution in [1.82, 2.24) is 0 Å². The van der Waals surface area contributed by atoms with Gasteiger partial charge in [-0.05, 0) is 49.8 Å². The molecule has 1 N–H and O–H groups in total. The van der Waals surface area contributed by atoms with Gasteiger partial charge in [-0.3, -0.25) is 4.79 Å². The van der Waals surface area contributed by atoms with Crippen LogP contribution in [0.4, 0.5) is 5.69 Å². The molecule has 1 atom stereocenters. The fourth-order valence-electron chi connectivity index (χ4n) is 2.98. The van der Waals surface area contributed by atoms with Crippen LogP contribution in [0, 0.1) is 18.3 Å². The van der Waals surface area contributed by atoms with Crippen molar-refractivity contribution in [2.45, 2.75) is 26.4 Å². The lowest BCUT2D eigenvalue weighted by molar-refractivity contribution is -0.112. The topological polar surface area (TPSA) is 71.3 Å². The summed E-state index contributed by atoms with van der Waals surface area (Å²) in [7, 11) is 1.59. The Balaban J connectivity index is 1.93. The molecule has 3 rings (SSSR count). The first-order valence-electron chi connectivity index (χ1n) is 8.37. The Kier molecular flexibility index (Phi) is 4.94. The van der Waals surface area contributed by atoms with E-state index in [9.17, 15) is 10.1 Å². The Hall–Kier alpha value is -3.26. The molecule has 0 aliphatic carbocycles. The largest absolute Gasteiger partial charge is 0.497 e. The highest BCUT2D eigenvalue weighted by molar-refractivity contribution is 6.09. The van der Waals surface area contributed by atoms with Gasteiger partial charge in [0.15, 0.2) is 0 Å². The smallest absolute Gasteiger partial charge is 0.266 e. The van der Waals surface area contributed by atoms with Crippen LogP contribution >= 0.6 is 0 Å². The predicted molar refractivity (Wildman–Crippen MR) is 100 cm³/mol. The van der Waals surface area contributed by atoms with E-state index < -0.39 is 5.91 Å². The number of benzene rings is 2. The Morgan fingerprint density at radius 1 is 1.38 bits per heavy atom. The number of nitrogens with one attached hydrogen (secondary N) is 1. The number of fused-ring (bicyclic) bond motifs is 1. The number of amides is 1. The molecule has 0 saturated carbocycles. The molecule has 0 fully saturated rings. The van der Waals surface area contributed by atoms with E-state index in [0.717, 1.165) is 17.5 Å². The highest BCUT2D eigenvalue weighted by atomic mass is 16.5. The van der Waals surface area contributed by atoms with Gasteiger partial charge in [0.1, 0.15) is 29.2 Å². The highest BCUT2D eigenvalue weighted by Gasteiger charge is 2.23. The van der Waals surface area contributed by atoms with Crippen LogP contribution in [0.2, 0.25) is 0 Å². The Morgan fingerprint density at radius 2 is 2.19 bits per heavy atom. The summed E-state index contributed by atoms with van der Waals surface area (Å²) in [4.78, 5) is 12.5. The average Bonchev–Trinajstić information content (AvgIpc) is 2.99. The molecule has 0 saturated heterocycles. The first kappa shape index (κ1) is 17.6. The number of anilines is 1. The van der Waals surface area contributed by atoms with Gasteiger partial charge in [-0.25, -0.2) is 0 Å². The number of nitrogens with zero attached hydrogens (tertiary/aromatic N) is 1. The number of hydrogen-bond donors (Lipinski definition) is 1. The van der Waals surface area contributed by atoms with Crippen LogP contribution in [-0.4, -0.2) is 19.1 Å². The second-order valence-corrected chi connectivity index (χ2v) is 6.33. The van der Waals surface area contributed by atoms with E-state index in [4.69, 9.17) is 9.47 Å². The van der Waals surface area contributed by atoms with Crippen LogP contribution in [0.3, 0.4) is 0 Å². The second-order valence-electron chi connectivity index (χ2n) is 6.33. The van der Waals surface area contributed by atoms with Gasteiger partial charge in [0.25, 0.3) is 5.91 Å². The number of rotatable bonds is 4. The third-order valence-corrected chi connectivity index (χ3v) is 4.17. The summed E-state index contributed by atoms with van der Waals surface area (Å²) >= 11 is 0. The first-order valence-corrected chi connectivity index (χ1v) is 8.37. The van der Waals surface area contributed by atoms with Crippen molar-refractivity contribution in [1.29, 1.82) is 5.26 Å². The Morgan fingerprint density at radius 3 is 2.88 bits per heavy atom. The minimum Gasteiger partial charge on any atom is -0.497 e. The maximum absolute atomic E-state index is 12.5. The molecule has 0 radical (unpaired) electrons. The molecular weight excluding hydrogens is 328 g/mol. The lowest BCUT2D eigenvalue weighted by atomic mass is 10.0. The van der Waals surface area contributed by atoms with Crippen LogP contribution in [0.1, 0.15) is 23.6 Å². The molecule has 2 aromatic carbocycles. The van der Waals surface area contributed by atoms with Crippen LogP contribution < -0.4 is 14.8 Å². The zero-order valence-electron chi connectivity index (χ0n) is 15.0. The van der Waals surface area contributed by atoms with Gasteiger partial charge in [-0.15, -0.1) is 0 Å². The van der Waals surface area contributed by atoms with E-state index in [0.29, 0.717) is 22.7 Å². The Bertz CT molecular complexity index is 925. The third-order valence-electron chi connectivity index (χ3n) is 4.17. The lowest BCUT2D eigenvalue weighted by Gasteiger charge is -2.10. The maximum Gasteiger partial charge on any atom is 0.266 e. The molecule has 2 aromatic rings. The second kappa shape index (κ2) is 7.32. The van der Waals surface area contributed by atoms with E-state index in [1.165, 1.54) is 0 Å². The van der Waals surface area contributed by atoms with Gasteiger partial charge in [0, 0.05) is 23.2 Å². The fourth-order valence-corrected chi connectivity index (χ4v) is 2.98. The van der Waals surface area contributed by atoms with Crippen LogP contribution in [0.5, 0.6) is 11.5 Å². The van der Waals surface area contributed by atoms with E-state index in [-0.39, 0.29) is 11.7 Å². The average molecular weight is 348 g/mol. The number of aryl methyl sites for hydroxylation is 1. The number of nitriles is 1. The molecule has 26 heavy (non-hydrogen) atoms. The maximum atomic E-state index is 12.5. The van der Waals surface area contributed by atoms with Crippen molar-refractivity contribution in [3.63, 3.8) is 0 Å². The molecule has 0 spiro atoms. The number of carbonyl (C=O) groups is 1. The molecular formula is C21H20N2O3. The third kappa shape index (κ3) is 3.70. The molecule has 132 valence electrons. The van der Waals surface area contributed by atoms with Crippen molar-refractivity contribution in [2.75, 3.05) is 12.4 Å². The molecule has 0 bridgehead atoms. The molecule has 5 heteroatoms. The zero-order chi connectivity index (χ0) is 18.7.